The fraction of sp³-hybridized carbons (Fsp3) is 0.279. The second-order valence-corrected chi connectivity index (χ2v) is 14.6. The molecular formula is C43H45N2+. The lowest BCUT2D eigenvalue weighted by Crippen LogP contribution is -2.31. The summed E-state index contributed by atoms with van der Waals surface area (Å²) in [4.78, 5) is 0. The van der Waals surface area contributed by atoms with Crippen LogP contribution in [0.5, 0.6) is 0 Å². The van der Waals surface area contributed by atoms with Gasteiger partial charge in [-0.1, -0.05) is 97.0 Å². The monoisotopic (exact) mass is 589 g/mol. The predicted molar refractivity (Wildman–Crippen MR) is 194 cm³/mol. The standard InChI is InChI=1S/C43H45N2/c1-26(2)29-14-17-36-37-18-15-30(27(3)4)24-41(37)45(40(36)23-29)32-16-19-34-31(22-32)20-21-44(9)42(34)38-25-39(43(6,7)8)35-13-11-10-12-33(35)28(38)5/h10-27H,1-9H3/q+1. The highest BCUT2D eigenvalue weighted by Crippen LogP contribution is 2.40. The molecule has 0 N–H and O–H groups in total. The molecule has 0 aliphatic heterocycles. The molecule has 0 atom stereocenters. The van der Waals surface area contributed by atoms with Gasteiger partial charge < -0.3 is 4.57 Å². The summed E-state index contributed by atoms with van der Waals surface area (Å²) in [6.45, 7) is 18.4. The second-order valence-electron chi connectivity index (χ2n) is 14.6. The first-order valence-electron chi connectivity index (χ1n) is 16.5. The minimum absolute atomic E-state index is 0.0264. The van der Waals surface area contributed by atoms with Crippen molar-refractivity contribution in [3.8, 4) is 16.9 Å². The molecule has 0 spiro atoms. The van der Waals surface area contributed by atoms with E-state index in [1.54, 1.807) is 0 Å². The summed E-state index contributed by atoms with van der Waals surface area (Å²) in [6.07, 6.45) is 2.23. The van der Waals surface area contributed by atoms with Crippen molar-refractivity contribution in [1.29, 1.82) is 0 Å². The molecule has 0 aliphatic rings. The molecule has 7 aromatic rings. The molecule has 5 aromatic carbocycles. The van der Waals surface area contributed by atoms with Crippen molar-refractivity contribution < 1.29 is 4.57 Å². The fourth-order valence-electron chi connectivity index (χ4n) is 7.27. The maximum atomic E-state index is 2.49. The Kier molecular flexibility index (Phi) is 6.89. The van der Waals surface area contributed by atoms with Crippen LogP contribution in [-0.2, 0) is 12.5 Å². The summed E-state index contributed by atoms with van der Waals surface area (Å²) in [7, 11) is 2.18. The summed E-state index contributed by atoms with van der Waals surface area (Å²) >= 11 is 0. The lowest BCUT2D eigenvalue weighted by Gasteiger charge is -2.24. The van der Waals surface area contributed by atoms with Gasteiger partial charge in [0.15, 0.2) is 6.20 Å². The average Bonchev–Trinajstić information content (AvgIpc) is 3.34. The maximum Gasteiger partial charge on any atom is 0.220 e. The third-order valence-electron chi connectivity index (χ3n) is 9.90. The fourth-order valence-corrected chi connectivity index (χ4v) is 7.27. The van der Waals surface area contributed by atoms with Gasteiger partial charge >= 0.3 is 0 Å². The second kappa shape index (κ2) is 10.6. The molecular weight excluding hydrogens is 544 g/mol. The van der Waals surface area contributed by atoms with Crippen molar-refractivity contribution in [3.63, 3.8) is 0 Å². The number of aromatic nitrogens is 2. The molecule has 45 heavy (non-hydrogen) atoms. The molecule has 7 rings (SSSR count). The Morgan fingerprint density at radius 3 is 1.78 bits per heavy atom. The quantitative estimate of drug-likeness (QED) is 0.181. The number of hydrogen-bond donors (Lipinski definition) is 0. The topological polar surface area (TPSA) is 8.81 Å². The van der Waals surface area contributed by atoms with Crippen LogP contribution in [-0.4, -0.2) is 4.57 Å². The molecule has 0 fully saturated rings. The zero-order valence-corrected chi connectivity index (χ0v) is 28.3. The number of fused-ring (bicyclic) bond motifs is 5. The van der Waals surface area contributed by atoms with Crippen LogP contribution in [0.25, 0.3) is 60.3 Å². The molecule has 2 aromatic heterocycles. The van der Waals surface area contributed by atoms with Crippen molar-refractivity contribution in [2.75, 3.05) is 0 Å². The van der Waals surface area contributed by atoms with Crippen LogP contribution in [0.15, 0.2) is 97.2 Å². The van der Waals surface area contributed by atoms with Crippen molar-refractivity contribution in [1.82, 2.24) is 4.57 Å². The zero-order valence-electron chi connectivity index (χ0n) is 28.3. The van der Waals surface area contributed by atoms with E-state index in [1.807, 2.05) is 0 Å². The Balaban J connectivity index is 1.51. The summed E-state index contributed by atoms with van der Waals surface area (Å²) in [5.41, 5.74) is 11.8. The Labute approximate surface area is 268 Å². The largest absolute Gasteiger partial charge is 0.309 e. The number of nitrogens with zero attached hydrogens (tertiary/aromatic N) is 2. The first-order chi connectivity index (χ1) is 21.4. The summed E-state index contributed by atoms with van der Waals surface area (Å²) in [6, 6.07) is 34.8. The van der Waals surface area contributed by atoms with E-state index in [2.05, 4.69) is 169 Å². The molecule has 0 aliphatic carbocycles. The van der Waals surface area contributed by atoms with E-state index in [-0.39, 0.29) is 5.41 Å². The van der Waals surface area contributed by atoms with Crippen LogP contribution in [0.3, 0.4) is 0 Å². The van der Waals surface area contributed by atoms with Gasteiger partial charge in [0.25, 0.3) is 0 Å². The first-order valence-corrected chi connectivity index (χ1v) is 16.5. The minimum Gasteiger partial charge on any atom is -0.309 e. The highest BCUT2D eigenvalue weighted by atomic mass is 15.0. The van der Waals surface area contributed by atoms with E-state index in [1.165, 1.54) is 82.5 Å². The Morgan fingerprint density at radius 2 is 1.20 bits per heavy atom. The van der Waals surface area contributed by atoms with Gasteiger partial charge in [-0.3, -0.25) is 0 Å². The van der Waals surface area contributed by atoms with Crippen LogP contribution >= 0.6 is 0 Å². The van der Waals surface area contributed by atoms with Gasteiger partial charge in [-0.15, -0.1) is 0 Å². The third kappa shape index (κ3) is 4.74. The zero-order chi connectivity index (χ0) is 31.8. The van der Waals surface area contributed by atoms with Crippen LogP contribution in [0, 0.1) is 6.92 Å². The molecule has 2 heterocycles. The third-order valence-corrected chi connectivity index (χ3v) is 9.90. The predicted octanol–water partition coefficient (Wildman–Crippen LogP) is 11.4. The molecule has 2 heteroatoms. The minimum atomic E-state index is 0.0264. The van der Waals surface area contributed by atoms with Gasteiger partial charge in [0, 0.05) is 22.5 Å². The van der Waals surface area contributed by atoms with Crippen molar-refractivity contribution in [2.45, 2.75) is 72.6 Å². The SMILES string of the molecule is Cc1c(-c2c3ccc(-n4c5cc(C(C)C)ccc5c5ccc(C(C)C)cc54)cc3cc[n+]2C)cc(C(C)(C)C)c2ccccc12. The van der Waals surface area contributed by atoms with Gasteiger partial charge in [-0.2, -0.15) is 0 Å². The Bertz CT molecular complexity index is 2210. The number of hydrogen-bond acceptors (Lipinski definition) is 0. The van der Waals surface area contributed by atoms with Gasteiger partial charge in [-0.25, -0.2) is 4.57 Å². The van der Waals surface area contributed by atoms with E-state index < -0.39 is 0 Å². The molecule has 2 nitrogen and oxygen atoms in total. The van der Waals surface area contributed by atoms with Crippen LogP contribution < -0.4 is 4.57 Å². The highest BCUT2D eigenvalue weighted by Gasteiger charge is 2.25. The molecule has 0 saturated heterocycles. The van der Waals surface area contributed by atoms with Crippen LogP contribution in [0.2, 0.25) is 0 Å². The molecule has 0 amide bonds. The van der Waals surface area contributed by atoms with Crippen molar-refractivity contribution >= 4 is 43.4 Å². The van der Waals surface area contributed by atoms with Gasteiger partial charge in [-0.05, 0) is 99.0 Å². The number of pyridine rings is 1. The number of rotatable bonds is 4. The van der Waals surface area contributed by atoms with Crippen molar-refractivity contribution in [2.24, 2.45) is 7.05 Å². The lowest BCUT2D eigenvalue weighted by atomic mass is 9.80. The van der Waals surface area contributed by atoms with Gasteiger partial charge in [0.2, 0.25) is 5.69 Å². The van der Waals surface area contributed by atoms with Gasteiger partial charge in [0.05, 0.1) is 22.0 Å². The molecule has 0 radical (unpaired) electrons. The Morgan fingerprint density at radius 1 is 0.622 bits per heavy atom. The summed E-state index contributed by atoms with van der Waals surface area (Å²) < 4.78 is 4.80. The average molecular weight is 590 g/mol. The van der Waals surface area contributed by atoms with E-state index in [4.69, 9.17) is 0 Å². The first kappa shape index (κ1) is 29.3. The van der Waals surface area contributed by atoms with Crippen molar-refractivity contribution in [3.05, 3.63) is 119 Å². The normalized spacial score (nSPS) is 12.5. The van der Waals surface area contributed by atoms with Gasteiger partial charge in [0.1, 0.15) is 7.05 Å². The molecule has 0 unspecified atom stereocenters. The molecule has 226 valence electrons. The van der Waals surface area contributed by atoms with E-state index in [0.29, 0.717) is 11.8 Å². The van der Waals surface area contributed by atoms with E-state index >= 15 is 0 Å². The van der Waals surface area contributed by atoms with Crippen LogP contribution in [0.1, 0.15) is 82.6 Å². The van der Waals surface area contributed by atoms with Crippen LogP contribution in [0.4, 0.5) is 0 Å². The smallest absolute Gasteiger partial charge is 0.220 e. The summed E-state index contributed by atoms with van der Waals surface area (Å²) in [5.74, 6) is 0.934. The Hall–Kier alpha value is -4.43. The summed E-state index contributed by atoms with van der Waals surface area (Å²) in [5, 5.41) is 7.83. The van der Waals surface area contributed by atoms with E-state index in [9.17, 15) is 0 Å². The number of aryl methyl sites for hydroxylation is 2. The molecule has 0 bridgehead atoms. The number of benzene rings is 5. The van der Waals surface area contributed by atoms with E-state index in [0.717, 1.165) is 0 Å². The maximum absolute atomic E-state index is 2.49. The lowest BCUT2D eigenvalue weighted by molar-refractivity contribution is -0.659. The highest BCUT2D eigenvalue weighted by molar-refractivity contribution is 6.10. The molecule has 0 saturated carbocycles.